The molecule has 0 aliphatic heterocycles. The average molecular weight is 383 g/mol. The van der Waals surface area contributed by atoms with Gasteiger partial charge in [0.25, 0.3) is 0 Å². The summed E-state index contributed by atoms with van der Waals surface area (Å²) >= 11 is 0. The molecule has 146 valence electrons. The first-order valence-electron chi connectivity index (χ1n) is 9.74. The lowest BCUT2D eigenvalue weighted by atomic mass is 10.1. The first kappa shape index (κ1) is 21.4. The average Bonchev–Trinajstić information content (AvgIpc) is 2.61. The van der Waals surface area contributed by atoms with Crippen LogP contribution < -0.4 is 5.01 Å². The minimum Gasteiger partial charge on any atom is -0.409 e. The van der Waals surface area contributed by atoms with E-state index in [1.807, 2.05) is 47.6 Å². The molecule has 3 nitrogen and oxygen atoms in total. The molecule has 0 N–H and O–H groups in total. The Morgan fingerprint density at radius 1 is 0.889 bits per heavy atom. The summed E-state index contributed by atoms with van der Waals surface area (Å²) in [6.45, 7) is 15.8. The Morgan fingerprint density at radius 3 is 1.70 bits per heavy atom. The quantitative estimate of drug-likeness (QED) is 0.297. The van der Waals surface area contributed by atoms with Crippen molar-refractivity contribution in [3.63, 3.8) is 0 Å². The number of anilines is 2. The van der Waals surface area contributed by atoms with Crippen molar-refractivity contribution in [2.45, 2.75) is 58.9 Å². The topological polar surface area (TPSA) is 24.8 Å². The maximum atomic E-state index is 6.65. The predicted octanol–water partition coefficient (Wildman–Crippen LogP) is 6.86. The van der Waals surface area contributed by atoms with Crippen molar-refractivity contribution >= 4 is 25.9 Å². The van der Waals surface area contributed by atoms with E-state index in [0.29, 0.717) is 5.92 Å². The van der Waals surface area contributed by atoms with Gasteiger partial charge in [-0.2, -0.15) is 5.10 Å². The van der Waals surface area contributed by atoms with Gasteiger partial charge in [0.1, 0.15) is 0 Å². The van der Waals surface area contributed by atoms with Crippen molar-refractivity contribution in [2.24, 2.45) is 11.0 Å². The lowest BCUT2D eigenvalue weighted by molar-refractivity contribution is 0.198. The molecule has 4 heteroatoms. The Hall–Kier alpha value is -1.91. The van der Waals surface area contributed by atoms with E-state index in [4.69, 9.17) is 9.53 Å². The number of hydrazone groups is 1. The maximum Gasteiger partial charge on any atom is 0.192 e. The standard InChI is InChI=1S/C23H34N2OSi/c1-19(2)22(26-27(6,7)23(3,4)5)18-24-25(20-14-10-8-11-15-20)21-16-12-9-13-17-21/h8-19,22H,1-7H3/b24-18+/t22-/m1/s1. The SMILES string of the molecule is CC(C)[C@@H](/C=N/N(c1ccccc1)c1ccccc1)O[Si](C)(C)C(C)(C)C. The highest BCUT2D eigenvalue weighted by molar-refractivity contribution is 6.74. The van der Waals surface area contributed by atoms with Gasteiger partial charge in [-0.05, 0) is 48.3 Å². The van der Waals surface area contributed by atoms with Crippen LogP contribution in [0.3, 0.4) is 0 Å². The van der Waals surface area contributed by atoms with Crippen molar-refractivity contribution in [1.82, 2.24) is 0 Å². The highest BCUT2D eigenvalue weighted by Gasteiger charge is 2.39. The van der Waals surface area contributed by atoms with Gasteiger partial charge in [-0.3, -0.25) is 0 Å². The van der Waals surface area contributed by atoms with Crippen molar-refractivity contribution in [2.75, 3.05) is 5.01 Å². The molecule has 0 bridgehead atoms. The molecule has 0 saturated carbocycles. The van der Waals surface area contributed by atoms with Crippen LogP contribution in [0.4, 0.5) is 11.4 Å². The number of para-hydroxylation sites is 2. The molecule has 0 saturated heterocycles. The third kappa shape index (κ3) is 5.78. The molecular formula is C23H34N2OSi. The minimum atomic E-state index is -1.87. The minimum absolute atomic E-state index is 0.0131. The van der Waals surface area contributed by atoms with E-state index in [9.17, 15) is 0 Å². The fourth-order valence-electron chi connectivity index (χ4n) is 2.41. The zero-order valence-corrected chi connectivity index (χ0v) is 18.8. The summed E-state index contributed by atoms with van der Waals surface area (Å²) in [7, 11) is -1.87. The first-order valence-corrected chi connectivity index (χ1v) is 12.6. The predicted molar refractivity (Wildman–Crippen MR) is 120 cm³/mol. The van der Waals surface area contributed by atoms with E-state index in [1.165, 1.54) is 0 Å². The zero-order chi connectivity index (χ0) is 20.1. The van der Waals surface area contributed by atoms with Crippen LogP contribution in [0.1, 0.15) is 34.6 Å². The molecule has 2 aromatic carbocycles. The van der Waals surface area contributed by atoms with Gasteiger partial charge in [0.15, 0.2) is 8.32 Å². The van der Waals surface area contributed by atoms with Gasteiger partial charge in [0.05, 0.1) is 23.7 Å². The van der Waals surface area contributed by atoms with Crippen LogP contribution in [-0.4, -0.2) is 20.6 Å². The molecule has 0 unspecified atom stereocenters. The molecule has 0 aliphatic carbocycles. The van der Waals surface area contributed by atoms with Crippen LogP contribution >= 0.6 is 0 Å². The molecule has 0 amide bonds. The summed E-state index contributed by atoms with van der Waals surface area (Å²) in [4.78, 5) is 0. The van der Waals surface area contributed by atoms with Gasteiger partial charge in [-0.15, -0.1) is 0 Å². The molecular weight excluding hydrogens is 348 g/mol. The zero-order valence-electron chi connectivity index (χ0n) is 17.8. The molecule has 2 rings (SSSR count). The highest BCUT2D eigenvalue weighted by atomic mass is 28.4. The Bertz CT molecular complexity index is 682. The monoisotopic (exact) mass is 382 g/mol. The highest BCUT2D eigenvalue weighted by Crippen LogP contribution is 2.38. The van der Waals surface area contributed by atoms with Crippen LogP contribution in [-0.2, 0) is 4.43 Å². The normalized spacial score (nSPS) is 13.9. The molecule has 0 heterocycles. The summed E-state index contributed by atoms with van der Waals surface area (Å²) in [6, 6.07) is 20.5. The molecule has 0 spiro atoms. The smallest absolute Gasteiger partial charge is 0.192 e. The second-order valence-electron chi connectivity index (χ2n) is 8.83. The molecule has 0 radical (unpaired) electrons. The fourth-order valence-corrected chi connectivity index (χ4v) is 3.78. The summed E-state index contributed by atoms with van der Waals surface area (Å²) in [6.07, 6.45) is 1.96. The number of benzene rings is 2. The molecule has 0 aromatic heterocycles. The van der Waals surface area contributed by atoms with Crippen LogP contribution in [0.25, 0.3) is 0 Å². The summed E-state index contributed by atoms with van der Waals surface area (Å²) < 4.78 is 6.65. The largest absolute Gasteiger partial charge is 0.409 e. The van der Waals surface area contributed by atoms with E-state index in [0.717, 1.165) is 11.4 Å². The summed E-state index contributed by atoms with van der Waals surface area (Å²) in [5.74, 6) is 0.358. The number of hydrogen-bond donors (Lipinski definition) is 0. The van der Waals surface area contributed by atoms with E-state index in [1.54, 1.807) is 0 Å². The van der Waals surface area contributed by atoms with Crippen LogP contribution in [0.15, 0.2) is 65.8 Å². The number of hydrogen-bond acceptors (Lipinski definition) is 3. The second kappa shape index (κ2) is 8.85. The van der Waals surface area contributed by atoms with E-state index in [-0.39, 0.29) is 11.1 Å². The molecule has 2 aromatic rings. The third-order valence-electron chi connectivity index (χ3n) is 5.22. The van der Waals surface area contributed by atoms with Gasteiger partial charge in [0, 0.05) is 0 Å². The van der Waals surface area contributed by atoms with E-state index in [2.05, 4.69) is 72.0 Å². The Morgan fingerprint density at radius 2 is 1.33 bits per heavy atom. The summed E-state index contributed by atoms with van der Waals surface area (Å²) in [5.41, 5.74) is 2.07. The molecule has 0 aliphatic rings. The summed E-state index contributed by atoms with van der Waals surface area (Å²) in [5, 5.41) is 7.01. The maximum absolute atomic E-state index is 6.65. The number of rotatable bonds is 7. The van der Waals surface area contributed by atoms with E-state index >= 15 is 0 Å². The Kier molecular flexibility index (Phi) is 7.01. The Balaban J connectivity index is 2.32. The van der Waals surface area contributed by atoms with Crippen molar-refractivity contribution < 1.29 is 4.43 Å². The van der Waals surface area contributed by atoms with Crippen LogP contribution in [0.2, 0.25) is 18.1 Å². The van der Waals surface area contributed by atoms with Gasteiger partial charge >= 0.3 is 0 Å². The fraction of sp³-hybridized carbons (Fsp3) is 0.435. The van der Waals surface area contributed by atoms with Crippen LogP contribution in [0, 0.1) is 5.92 Å². The first-order chi connectivity index (χ1) is 12.6. The molecule has 1 atom stereocenters. The second-order valence-corrected chi connectivity index (χ2v) is 13.6. The van der Waals surface area contributed by atoms with Crippen molar-refractivity contribution in [1.29, 1.82) is 0 Å². The van der Waals surface area contributed by atoms with Gasteiger partial charge in [0.2, 0.25) is 0 Å². The lowest BCUT2D eigenvalue weighted by Crippen LogP contribution is -2.45. The Labute approximate surface area is 166 Å². The van der Waals surface area contributed by atoms with Crippen molar-refractivity contribution in [3.8, 4) is 0 Å². The van der Waals surface area contributed by atoms with Gasteiger partial charge < -0.3 is 4.43 Å². The number of nitrogens with zero attached hydrogens (tertiary/aromatic N) is 2. The van der Waals surface area contributed by atoms with Crippen LogP contribution in [0.5, 0.6) is 0 Å². The van der Waals surface area contributed by atoms with Crippen molar-refractivity contribution in [3.05, 3.63) is 60.7 Å². The molecule has 27 heavy (non-hydrogen) atoms. The van der Waals surface area contributed by atoms with Gasteiger partial charge in [-0.25, -0.2) is 5.01 Å². The third-order valence-corrected chi connectivity index (χ3v) is 9.70. The molecule has 0 fully saturated rings. The van der Waals surface area contributed by atoms with Gasteiger partial charge in [-0.1, -0.05) is 71.0 Å². The van der Waals surface area contributed by atoms with E-state index < -0.39 is 8.32 Å². The lowest BCUT2D eigenvalue weighted by Gasteiger charge is -2.39.